The molecule has 0 radical (unpaired) electrons. The van der Waals surface area contributed by atoms with E-state index in [9.17, 15) is 4.79 Å². The average Bonchev–Trinajstić information content (AvgIpc) is 2.80. The van der Waals surface area contributed by atoms with E-state index in [0.29, 0.717) is 13.0 Å². The summed E-state index contributed by atoms with van der Waals surface area (Å²) >= 11 is 1.73. The van der Waals surface area contributed by atoms with Crippen molar-refractivity contribution in [3.8, 4) is 0 Å². The molecule has 2 heterocycles. The molecule has 5 nitrogen and oxygen atoms in total. The lowest BCUT2D eigenvalue weighted by Gasteiger charge is -2.28. The molecule has 0 aliphatic carbocycles. The van der Waals surface area contributed by atoms with Gasteiger partial charge in [-0.3, -0.25) is 4.79 Å². The Bertz CT molecular complexity index is 472. The molecule has 2 rings (SSSR count). The van der Waals surface area contributed by atoms with Gasteiger partial charge in [-0.05, 0) is 27.7 Å². The molecule has 0 atom stereocenters. The van der Waals surface area contributed by atoms with Crippen LogP contribution in [0.25, 0.3) is 0 Å². The van der Waals surface area contributed by atoms with E-state index >= 15 is 0 Å². The second kappa shape index (κ2) is 6.85. The number of carbonyl (C=O) groups is 1. The number of piperazine rings is 1. The Hall–Kier alpha value is -0.980. The van der Waals surface area contributed by atoms with Crippen LogP contribution < -0.4 is 10.6 Å². The normalized spacial score (nSPS) is 16.3. The summed E-state index contributed by atoms with van der Waals surface area (Å²) in [4.78, 5) is 20.0. The van der Waals surface area contributed by atoms with Crippen molar-refractivity contribution in [2.75, 3.05) is 32.7 Å². The molecule has 0 bridgehead atoms. The van der Waals surface area contributed by atoms with Crippen LogP contribution in [-0.2, 0) is 10.3 Å². The van der Waals surface area contributed by atoms with Gasteiger partial charge in [-0.1, -0.05) is 0 Å². The zero-order chi connectivity index (χ0) is 15.5. The lowest BCUT2D eigenvalue weighted by Crippen LogP contribution is -2.47. The van der Waals surface area contributed by atoms with E-state index in [1.807, 2.05) is 11.8 Å². The highest BCUT2D eigenvalue weighted by atomic mass is 32.1. The summed E-state index contributed by atoms with van der Waals surface area (Å²) in [7, 11) is 0. The van der Waals surface area contributed by atoms with Crippen molar-refractivity contribution in [2.45, 2.75) is 39.7 Å². The maximum Gasteiger partial charge on any atom is 0.223 e. The Morgan fingerprint density at radius 3 is 2.62 bits per heavy atom. The van der Waals surface area contributed by atoms with E-state index in [2.05, 4.69) is 36.4 Å². The first-order valence-corrected chi connectivity index (χ1v) is 8.40. The van der Waals surface area contributed by atoms with Crippen molar-refractivity contribution >= 4 is 17.2 Å². The van der Waals surface area contributed by atoms with Gasteiger partial charge in [0.25, 0.3) is 0 Å². The highest BCUT2D eigenvalue weighted by Gasteiger charge is 2.25. The largest absolute Gasteiger partial charge is 0.340 e. The first kappa shape index (κ1) is 16.4. The van der Waals surface area contributed by atoms with Crippen LogP contribution in [0.15, 0.2) is 0 Å². The van der Waals surface area contributed by atoms with Crippen LogP contribution >= 0.6 is 11.3 Å². The minimum atomic E-state index is -0.187. The minimum absolute atomic E-state index is 0.187. The fourth-order valence-corrected chi connectivity index (χ4v) is 3.36. The predicted molar refractivity (Wildman–Crippen MR) is 86.7 cm³/mol. The molecule has 1 aromatic heterocycles. The fourth-order valence-electron chi connectivity index (χ4n) is 2.37. The molecule has 0 unspecified atom stereocenters. The molecule has 1 fully saturated rings. The number of aryl methyl sites for hydroxylation is 2. The third-order valence-corrected chi connectivity index (χ3v) is 5.34. The summed E-state index contributed by atoms with van der Waals surface area (Å²) < 4.78 is 0. The summed E-state index contributed by atoms with van der Waals surface area (Å²) in [5.41, 5.74) is 0.912. The van der Waals surface area contributed by atoms with E-state index in [1.165, 1.54) is 4.88 Å². The molecule has 2 N–H and O–H groups in total. The highest BCUT2D eigenvalue weighted by molar-refractivity contribution is 7.11. The van der Waals surface area contributed by atoms with Gasteiger partial charge in [0, 0.05) is 44.0 Å². The second-order valence-electron chi connectivity index (χ2n) is 6.09. The number of amides is 1. The quantitative estimate of drug-likeness (QED) is 0.863. The first-order valence-electron chi connectivity index (χ1n) is 7.58. The molecule has 1 aliphatic rings. The van der Waals surface area contributed by atoms with Crippen LogP contribution in [0.2, 0.25) is 0 Å². The van der Waals surface area contributed by atoms with E-state index in [1.54, 1.807) is 11.3 Å². The van der Waals surface area contributed by atoms with Gasteiger partial charge in [0.15, 0.2) is 0 Å². The van der Waals surface area contributed by atoms with Crippen LogP contribution in [-0.4, -0.2) is 48.5 Å². The van der Waals surface area contributed by atoms with E-state index in [0.717, 1.165) is 36.9 Å². The van der Waals surface area contributed by atoms with Gasteiger partial charge in [-0.2, -0.15) is 0 Å². The summed E-state index contributed by atoms with van der Waals surface area (Å²) in [5.74, 6) is 0.242. The van der Waals surface area contributed by atoms with Gasteiger partial charge in [0.05, 0.1) is 11.2 Å². The van der Waals surface area contributed by atoms with E-state index < -0.39 is 0 Å². The Morgan fingerprint density at radius 1 is 1.38 bits per heavy atom. The molecule has 1 saturated heterocycles. The molecule has 1 aliphatic heterocycles. The van der Waals surface area contributed by atoms with Crippen molar-refractivity contribution in [2.24, 2.45) is 0 Å². The zero-order valence-electron chi connectivity index (χ0n) is 13.5. The number of nitrogens with zero attached hydrogens (tertiary/aromatic N) is 2. The lowest BCUT2D eigenvalue weighted by atomic mass is 10.1. The molecular formula is C15H26N4OS. The maximum atomic E-state index is 12.1. The molecular weight excluding hydrogens is 284 g/mol. The first-order chi connectivity index (χ1) is 9.90. The number of thiazole rings is 1. The number of rotatable bonds is 5. The average molecular weight is 310 g/mol. The minimum Gasteiger partial charge on any atom is -0.340 e. The molecule has 21 heavy (non-hydrogen) atoms. The monoisotopic (exact) mass is 310 g/mol. The standard InChI is InChI=1S/C15H26N4OS/c1-11-12(2)21-14(18-11)15(3,4)17-6-5-13(20)19-9-7-16-8-10-19/h16-17H,5-10H2,1-4H3. The second-order valence-corrected chi connectivity index (χ2v) is 7.30. The van der Waals surface area contributed by atoms with Crippen molar-refractivity contribution in [1.82, 2.24) is 20.5 Å². The molecule has 1 amide bonds. The van der Waals surface area contributed by atoms with Gasteiger partial charge >= 0.3 is 0 Å². The molecule has 0 spiro atoms. The van der Waals surface area contributed by atoms with Gasteiger partial charge in [0.1, 0.15) is 5.01 Å². The summed E-state index contributed by atoms with van der Waals surface area (Å²) in [6, 6.07) is 0. The van der Waals surface area contributed by atoms with Crippen LogP contribution in [0.1, 0.15) is 35.8 Å². The lowest BCUT2D eigenvalue weighted by molar-refractivity contribution is -0.131. The van der Waals surface area contributed by atoms with Crippen molar-refractivity contribution in [3.63, 3.8) is 0 Å². The molecule has 1 aromatic rings. The van der Waals surface area contributed by atoms with Gasteiger partial charge in [-0.25, -0.2) is 4.98 Å². The van der Waals surface area contributed by atoms with Crippen molar-refractivity contribution in [1.29, 1.82) is 0 Å². The van der Waals surface area contributed by atoms with Crippen LogP contribution in [0.3, 0.4) is 0 Å². The Balaban J connectivity index is 1.82. The van der Waals surface area contributed by atoms with Gasteiger partial charge in [-0.15, -0.1) is 11.3 Å². The summed E-state index contributed by atoms with van der Waals surface area (Å²) in [5, 5.41) is 7.82. The topological polar surface area (TPSA) is 57.3 Å². The zero-order valence-corrected chi connectivity index (χ0v) is 14.3. The fraction of sp³-hybridized carbons (Fsp3) is 0.733. The molecule has 6 heteroatoms. The van der Waals surface area contributed by atoms with Gasteiger partial charge < -0.3 is 15.5 Å². The van der Waals surface area contributed by atoms with E-state index in [-0.39, 0.29) is 11.4 Å². The number of hydrogen-bond donors (Lipinski definition) is 2. The smallest absolute Gasteiger partial charge is 0.223 e. The maximum absolute atomic E-state index is 12.1. The predicted octanol–water partition coefficient (Wildman–Crippen LogP) is 1.41. The third kappa shape index (κ3) is 4.25. The number of carbonyl (C=O) groups excluding carboxylic acids is 1. The molecule has 0 saturated carbocycles. The highest BCUT2D eigenvalue weighted by Crippen LogP contribution is 2.27. The van der Waals surface area contributed by atoms with E-state index in [4.69, 9.17) is 0 Å². The van der Waals surface area contributed by atoms with Crippen molar-refractivity contribution < 1.29 is 4.79 Å². The summed E-state index contributed by atoms with van der Waals surface area (Å²) in [6.07, 6.45) is 0.548. The summed E-state index contributed by atoms with van der Waals surface area (Å²) in [6.45, 7) is 12.5. The number of hydrogen-bond acceptors (Lipinski definition) is 5. The van der Waals surface area contributed by atoms with Crippen LogP contribution in [0, 0.1) is 13.8 Å². The Labute approximate surface area is 131 Å². The van der Waals surface area contributed by atoms with Crippen molar-refractivity contribution in [3.05, 3.63) is 15.6 Å². The molecule has 0 aromatic carbocycles. The van der Waals surface area contributed by atoms with Gasteiger partial charge in [0.2, 0.25) is 5.91 Å². The Morgan fingerprint density at radius 2 is 2.05 bits per heavy atom. The van der Waals surface area contributed by atoms with Crippen LogP contribution in [0.5, 0.6) is 0 Å². The van der Waals surface area contributed by atoms with Crippen LogP contribution in [0.4, 0.5) is 0 Å². The Kier molecular flexibility index (Phi) is 5.35. The SMILES string of the molecule is Cc1nc(C(C)(C)NCCC(=O)N2CCNCC2)sc1C. The third-order valence-electron chi connectivity index (χ3n) is 3.94. The molecule has 118 valence electrons. The number of aromatic nitrogens is 1. The number of nitrogens with one attached hydrogen (secondary N) is 2.